The van der Waals surface area contributed by atoms with Gasteiger partial charge in [-0.25, -0.2) is 4.39 Å². The quantitative estimate of drug-likeness (QED) is 0.827. The number of aliphatic hydroxyl groups is 1. The van der Waals surface area contributed by atoms with Crippen molar-refractivity contribution in [1.82, 2.24) is 5.32 Å². The van der Waals surface area contributed by atoms with Gasteiger partial charge in [0.25, 0.3) is 0 Å². The SMILES string of the molecule is Cc1cc(F)ccc1C(C)(O)CNCC(C)C. The average Bonchev–Trinajstić information content (AvgIpc) is 2.15. The van der Waals surface area contributed by atoms with Gasteiger partial charge < -0.3 is 10.4 Å². The highest BCUT2D eigenvalue weighted by Gasteiger charge is 2.24. The number of nitrogens with one attached hydrogen (secondary N) is 1. The molecular weight excluding hydrogens is 217 g/mol. The van der Waals surface area contributed by atoms with Crippen molar-refractivity contribution in [2.24, 2.45) is 5.92 Å². The molecule has 0 aromatic heterocycles. The van der Waals surface area contributed by atoms with Crippen LogP contribution in [0.3, 0.4) is 0 Å². The van der Waals surface area contributed by atoms with Crippen LogP contribution in [0.4, 0.5) is 4.39 Å². The van der Waals surface area contributed by atoms with Gasteiger partial charge in [0.2, 0.25) is 0 Å². The van der Waals surface area contributed by atoms with Crippen LogP contribution in [0, 0.1) is 18.7 Å². The van der Waals surface area contributed by atoms with Crippen LogP contribution in [-0.4, -0.2) is 18.2 Å². The summed E-state index contributed by atoms with van der Waals surface area (Å²) in [6.45, 7) is 9.12. The van der Waals surface area contributed by atoms with E-state index in [1.54, 1.807) is 13.0 Å². The Bertz CT molecular complexity index is 374. The highest BCUT2D eigenvalue weighted by Crippen LogP contribution is 2.24. The van der Waals surface area contributed by atoms with E-state index in [2.05, 4.69) is 19.2 Å². The molecule has 0 fully saturated rings. The molecule has 17 heavy (non-hydrogen) atoms. The van der Waals surface area contributed by atoms with E-state index >= 15 is 0 Å². The van der Waals surface area contributed by atoms with Gasteiger partial charge in [-0.3, -0.25) is 0 Å². The van der Waals surface area contributed by atoms with E-state index in [9.17, 15) is 9.50 Å². The molecule has 0 bridgehead atoms. The molecule has 0 saturated heterocycles. The summed E-state index contributed by atoms with van der Waals surface area (Å²) in [4.78, 5) is 0. The summed E-state index contributed by atoms with van der Waals surface area (Å²) >= 11 is 0. The van der Waals surface area contributed by atoms with E-state index in [-0.39, 0.29) is 5.82 Å². The van der Waals surface area contributed by atoms with Crippen molar-refractivity contribution in [3.05, 3.63) is 35.1 Å². The fourth-order valence-electron chi connectivity index (χ4n) is 1.93. The van der Waals surface area contributed by atoms with Gasteiger partial charge in [0.15, 0.2) is 0 Å². The monoisotopic (exact) mass is 239 g/mol. The predicted molar refractivity (Wildman–Crippen MR) is 68.4 cm³/mol. The number of rotatable bonds is 5. The molecule has 3 heteroatoms. The van der Waals surface area contributed by atoms with Crippen LogP contribution >= 0.6 is 0 Å². The third kappa shape index (κ3) is 4.10. The fourth-order valence-corrected chi connectivity index (χ4v) is 1.93. The maximum Gasteiger partial charge on any atom is 0.123 e. The first-order valence-corrected chi connectivity index (χ1v) is 6.02. The van der Waals surface area contributed by atoms with Crippen LogP contribution in [0.1, 0.15) is 31.9 Å². The molecule has 1 aromatic rings. The van der Waals surface area contributed by atoms with Crippen LogP contribution in [0.2, 0.25) is 0 Å². The Labute approximate surface area is 103 Å². The molecule has 96 valence electrons. The third-order valence-electron chi connectivity index (χ3n) is 2.79. The summed E-state index contributed by atoms with van der Waals surface area (Å²) in [7, 11) is 0. The number of hydrogen-bond acceptors (Lipinski definition) is 2. The van der Waals surface area contributed by atoms with Crippen LogP contribution in [0.25, 0.3) is 0 Å². The Hall–Kier alpha value is -0.930. The smallest absolute Gasteiger partial charge is 0.123 e. The van der Waals surface area contributed by atoms with E-state index in [1.807, 2.05) is 6.92 Å². The molecule has 0 aliphatic rings. The van der Waals surface area contributed by atoms with Crippen LogP contribution in [0.15, 0.2) is 18.2 Å². The second-order valence-electron chi connectivity index (χ2n) is 5.26. The molecule has 0 radical (unpaired) electrons. The van der Waals surface area contributed by atoms with E-state index in [0.29, 0.717) is 12.5 Å². The first kappa shape index (κ1) is 14.1. The van der Waals surface area contributed by atoms with Gasteiger partial charge in [0.1, 0.15) is 5.82 Å². The van der Waals surface area contributed by atoms with E-state index < -0.39 is 5.60 Å². The lowest BCUT2D eigenvalue weighted by molar-refractivity contribution is 0.0557. The number of hydrogen-bond donors (Lipinski definition) is 2. The van der Waals surface area contributed by atoms with Crippen molar-refractivity contribution in [1.29, 1.82) is 0 Å². The maximum atomic E-state index is 13.0. The maximum absolute atomic E-state index is 13.0. The molecule has 0 heterocycles. The average molecular weight is 239 g/mol. The van der Waals surface area contributed by atoms with Crippen molar-refractivity contribution in [3.63, 3.8) is 0 Å². The minimum absolute atomic E-state index is 0.266. The molecule has 0 aliphatic carbocycles. The Morgan fingerprint density at radius 3 is 2.59 bits per heavy atom. The number of benzene rings is 1. The molecule has 0 amide bonds. The topological polar surface area (TPSA) is 32.3 Å². The number of aryl methyl sites for hydroxylation is 1. The lowest BCUT2D eigenvalue weighted by Gasteiger charge is -2.26. The molecule has 0 spiro atoms. The largest absolute Gasteiger partial charge is 0.384 e. The second-order valence-corrected chi connectivity index (χ2v) is 5.26. The minimum Gasteiger partial charge on any atom is -0.384 e. The van der Waals surface area contributed by atoms with Crippen molar-refractivity contribution in [2.45, 2.75) is 33.3 Å². The third-order valence-corrected chi connectivity index (χ3v) is 2.79. The molecule has 0 aliphatic heterocycles. The molecule has 1 atom stereocenters. The van der Waals surface area contributed by atoms with E-state index in [0.717, 1.165) is 17.7 Å². The first-order valence-electron chi connectivity index (χ1n) is 6.02. The minimum atomic E-state index is -0.966. The van der Waals surface area contributed by atoms with Gasteiger partial charge in [-0.15, -0.1) is 0 Å². The Balaban J connectivity index is 2.74. The Kier molecular flexibility index (Phi) is 4.66. The standard InChI is InChI=1S/C14H22FNO/c1-10(2)8-16-9-14(4,17)13-6-5-12(15)7-11(13)3/h5-7,10,16-17H,8-9H2,1-4H3. The highest BCUT2D eigenvalue weighted by atomic mass is 19.1. The zero-order valence-corrected chi connectivity index (χ0v) is 11.0. The van der Waals surface area contributed by atoms with Crippen molar-refractivity contribution < 1.29 is 9.50 Å². The number of halogens is 1. The molecule has 2 nitrogen and oxygen atoms in total. The summed E-state index contributed by atoms with van der Waals surface area (Å²) < 4.78 is 13.0. The summed E-state index contributed by atoms with van der Waals surface area (Å²) in [5, 5.41) is 13.6. The molecule has 1 rings (SSSR count). The molecule has 2 N–H and O–H groups in total. The van der Waals surface area contributed by atoms with Gasteiger partial charge in [-0.1, -0.05) is 19.9 Å². The summed E-state index contributed by atoms with van der Waals surface area (Å²) in [6, 6.07) is 4.49. The predicted octanol–water partition coefficient (Wildman–Crippen LogP) is 2.59. The molecule has 1 unspecified atom stereocenters. The lowest BCUT2D eigenvalue weighted by atomic mass is 9.92. The van der Waals surface area contributed by atoms with Gasteiger partial charge >= 0.3 is 0 Å². The summed E-state index contributed by atoms with van der Waals surface area (Å²) in [6.07, 6.45) is 0. The Morgan fingerprint density at radius 2 is 2.06 bits per heavy atom. The van der Waals surface area contributed by atoms with Crippen LogP contribution in [0.5, 0.6) is 0 Å². The van der Waals surface area contributed by atoms with Crippen LogP contribution in [-0.2, 0) is 5.60 Å². The normalized spacial score (nSPS) is 15.0. The summed E-state index contributed by atoms with van der Waals surface area (Å²) in [5.41, 5.74) is 0.587. The fraction of sp³-hybridized carbons (Fsp3) is 0.571. The van der Waals surface area contributed by atoms with Crippen molar-refractivity contribution in [2.75, 3.05) is 13.1 Å². The lowest BCUT2D eigenvalue weighted by Crippen LogP contribution is -2.37. The second kappa shape index (κ2) is 5.61. The van der Waals surface area contributed by atoms with Crippen molar-refractivity contribution in [3.8, 4) is 0 Å². The highest BCUT2D eigenvalue weighted by molar-refractivity contribution is 5.31. The first-order chi connectivity index (χ1) is 7.83. The van der Waals surface area contributed by atoms with E-state index in [1.165, 1.54) is 12.1 Å². The van der Waals surface area contributed by atoms with E-state index in [4.69, 9.17) is 0 Å². The van der Waals surface area contributed by atoms with Crippen molar-refractivity contribution >= 4 is 0 Å². The summed E-state index contributed by atoms with van der Waals surface area (Å²) in [5.74, 6) is 0.275. The molecular formula is C14H22FNO. The zero-order chi connectivity index (χ0) is 13.1. The van der Waals surface area contributed by atoms with Gasteiger partial charge in [-0.05, 0) is 49.6 Å². The zero-order valence-electron chi connectivity index (χ0n) is 11.0. The van der Waals surface area contributed by atoms with Gasteiger partial charge in [0.05, 0.1) is 5.60 Å². The molecule has 0 saturated carbocycles. The molecule has 1 aromatic carbocycles. The van der Waals surface area contributed by atoms with Crippen LogP contribution < -0.4 is 5.32 Å². The van der Waals surface area contributed by atoms with Gasteiger partial charge in [-0.2, -0.15) is 0 Å². The Morgan fingerprint density at radius 1 is 1.41 bits per heavy atom. The van der Waals surface area contributed by atoms with Gasteiger partial charge in [0, 0.05) is 6.54 Å².